The van der Waals surface area contributed by atoms with Crippen LogP contribution in [0, 0.1) is 0 Å². The Kier molecular flexibility index (Phi) is 4.10. The van der Waals surface area contributed by atoms with Gasteiger partial charge < -0.3 is 16.2 Å². The number of hydrogen-bond acceptors (Lipinski definition) is 4. The Labute approximate surface area is 134 Å². The van der Waals surface area contributed by atoms with Gasteiger partial charge in [0.1, 0.15) is 6.04 Å². The third-order valence-electron chi connectivity index (χ3n) is 3.69. The quantitative estimate of drug-likeness (QED) is 0.810. The molecular formula is C18H17N3O2. The lowest BCUT2D eigenvalue weighted by molar-refractivity contribution is -0.136. The molecule has 2 aromatic carbocycles. The second kappa shape index (κ2) is 6.36. The normalized spacial score (nSPS) is 17.4. The molecule has 0 aromatic heterocycles. The highest BCUT2D eigenvalue weighted by molar-refractivity contribution is 5.93. The molecule has 1 heterocycles. The molecule has 23 heavy (non-hydrogen) atoms. The first kappa shape index (κ1) is 14.8. The second-order valence-corrected chi connectivity index (χ2v) is 5.29. The van der Waals surface area contributed by atoms with Gasteiger partial charge in [-0.2, -0.15) is 0 Å². The summed E-state index contributed by atoms with van der Waals surface area (Å²) in [6.07, 6.45) is -0.104. The van der Waals surface area contributed by atoms with E-state index in [9.17, 15) is 9.90 Å². The second-order valence-electron chi connectivity index (χ2n) is 5.29. The first-order valence-corrected chi connectivity index (χ1v) is 7.30. The maximum Gasteiger partial charge on any atom is 0.307 e. The summed E-state index contributed by atoms with van der Waals surface area (Å²) >= 11 is 0. The standard InChI is InChI=1S/C18H17N3O2/c19-18-20-16(12-7-3-1-4-8-12)14(11-15(22)23)17(21-18)13-9-5-2-6-10-13/h1-10,16H,11H2,(H,22,23)(H3,19,20,21). The highest BCUT2D eigenvalue weighted by Gasteiger charge is 2.27. The van der Waals surface area contributed by atoms with Crippen molar-refractivity contribution < 1.29 is 9.90 Å². The number of carbonyl (C=O) groups is 1. The minimum Gasteiger partial charge on any atom is -0.481 e. The van der Waals surface area contributed by atoms with Gasteiger partial charge in [-0.1, -0.05) is 60.7 Å². The molecule has 2 aromatic rings. The molecule has 0 bridgehead atoms. The number of nitrogens with two attached hydrogens (primary N) is 1. The zero-order valence-corrected chi connectivity index (χ0v) is 12.4. The number of carboxylic acids is 1. The van der Waals surface area contributed by atoms with Gasteiger partial charge in [-0.3, -0.25) is 4.79 Å². The summed E-state index contributed by atoms with van der Waals surface area (Å²) < 4.78 is 0. The summed E-state index contributed by atoms with van der Waals surface area (Å²) in [6.45, 7) is 0. The summed E-state index contributed by atoms with van der Waals surface area (Å²) in [6, 6.07) is 18.7. The molecule has 0 spiro atoms. The smallest absolute Gasteiger partial charge is 0.307 e. The van der Waals surface area contributed by atoms with E-state index < -0.39 is 12.0 Å². The molecule has 1 atom stereocenters. The molecule has 3 rings (SSSR count). The first-order valence-electron chi connectivity index (χ1n) is 7.30. The zero-order valence-electron chi connectivity index (χ0n) is 12.4. The molecule has 4 N–H and O–H groups in total. The van der Waals surface area contributed by atoms with Crippen molar-refractivity contribution >= 4 is 17.6 Å². The fourth-order valence-corrected chi connectivity index (χ4v) is 2.72. The Balaban J connectivity index is 2.14. The summed E-state index contributed by atoms with van der Waals surface area (Å²) in [5, 5.41) is 12.4. The van der Waals surface area contributed by atoms with Gasteiger partial charge in [0, 0.05) is 0 Å². The maximum atomic E-state index is 11.4. The van der Waals surface area contributed by atoms with Crippen LogP contribution >= 0.6 is 0 Å². The molecule has 0 fully saturated rings. The summed E-state index contributed by atoms with van der Waals surface area (Å²) in [4.78, 5) is 15.8. The van der Waals surface area contributed by atoms with Crippen LogP contribution in [0.1, 0.15) is 23.6 Å². The van der Waals surface area contributed by atoms with E-state index in [-0.39, 0.29) is 12.4 Å². The summed E-state index contributed by atoms with van der Waals surface area (Å²) in [7, 11) is 0. The number of benzene rings is 2. The van der Waals surface area contributed by atoms with Crippen molar-refractivity contribution in [2.24, 2.45) is 10.7 Å². The molecule has 0 saturated carbocycles. The van der Waals surface area contributed by atoms with Gasteiger partial charge in [-0.25, -0.2) is 4.99 Å². The van der Waals surface area contributed by atoms with Gasteiger partial charge in [0.05, 0.1) is 12.1 Å². The fraction of sp³-hybridized carbons (Fsp3) is 0.111. The highest BCUT2D eigenvalue weighted by atomic mass is 16.4. The predicted molar refractivity (Wildman–Crippen MR) is 89.6 cm³/mol. The van der Waals surface area contributed by atoms with E-state index in [0.29, 0.717) is 11.3 Å². The van der Waals surface area contributed by atoms with Crippen LogP contribution in [0.5, 0.6) is 0 Å². The molecule has 1 unspecified atom stereocenters. The Morgan fingerprint density at radius 1 is 1.09 bits per heavy atom. The van der Waals surface area contributed by atoms with Gasteiger partial charge in [0.25, 0.3) is 0 Å². The predicted octanol–water partition coefficient (Wildman–Crippen LogP) is 2.53. The Morgan fingerprint density at radius 3 is 2.30 bits per heavy atom. The molecule has 0 radical (unpaired) electrons. The van der Waals surface area contributed by atoms with Crippen molar-refractivity contribution in [3.8, 4) is 0 Å². The van der Waals surface area contributed by atoms with Crippen molar-refractivity contribution in [2.45, 2.75) is 12.5 Å². The number of aliphatic carboxylic acids is 1. The van der Waals surface area contributed by atoms with E-state index >= 15 is 0 Å². The van der Waals surface area contributed by atoms with Gasteiger partial charge in [0.15, 0.2) is 5.96 Å². The molecule has 5 nitrogen and oxygen atoms in total. The number of guanidine groups is 1. The largest absolute Gasteiger partial charge is 0.481 e. The van der Waals surface area contributed by atoms with Crippen molar-refractivity contribution in [2.75, 3.05) is 0 Å². The van der Waals surface area contributed by atoms with Crippen molar-refractivity contribution in [3.05, 3.63) is 77.4 Å². The average molecular weight is 307 g/mol. The zero-order chi connectivity index (χ0) is 16.2. The topological polar surface area (TPSA) is 87.7 Å². The molecule has 0 amide bonds. The van der Waals surface area contributed by atoms with Crippen LogP contribution in [0.4, 0.5) is 0 Å². The third kappa shape index (κ3) is 3.23. The van der Waals surface area contributed by atoms with E-state index in [2.05, 4.69) is 10.3 Å². The Bertz CT molecular complexity index is 767. The maximum absolute atomic E-state index is 11.4. The summed E-state index contributed by atoms with van der Waals surface area (Å²) in [5.74, 6) is -0.612. The van der Waals surface area contributed by atoms with Crippen molar-refractivity contribution in [3.63, 3.8) is 0 Å². The van der Waals surface area contributed by atoms with Crippen LogP contribution in [0.25, 0.3) is 5.70 Å². The Hall–Kier alpha value is -3.08. The monoisotopic (exact) mass is 307 g/mol. The van der Waals surface area contributed by atoms with Crippen LogP contribution in [0.2, 0.25) is 0 Å². The van der Waals surface area contributed by atoms with Gasteiger partial charge >= 0.3 is 5.97 Å². The van der Waals surface area contributed by atoms with Gasteiger partial charge in [-0.05, 0) is 16.7 Å². The number of rotatable bonds is 4. The average Bonchev–Trinajstić information content (AvgIpc) is 2.57. The SMILES string of the molecule is NC1=NC(c2ccccc2)C(CC(=O)O)=C(c2ccccc2)N1. The van der Waals surface area contributed by atoms with Crippen LogP contribution in [0.3, 0.4) is 0 Å². The summed E-state index contributed by atoms with van der Waals surface area (Å²) in [5.41, 5.74) is 9.17. The van der Waals surface area contributed by atoms with Crippen molar-refractivity contribution in [1.82, 2.24) is 5.32 Å². The van der Waals surface area contributed by atoms with E-state index in [1.165, 1.54) is 0 Å². The van der Waals surface area contributed by atoms with E-state index in [4.69, 9.17) is 5.73 Å². The fourth-order valence-electron chi connectivity index (χ4n) is 2.72. The molecule has 5 heteroatoms. The molecule has 1 aliphatic heterocycles. The van der Waals surface area contributed by atoms with Crippen LogP contribution in [-0.2, 0) is 4.79 Å². The molecule has 1 aliphatic rings. The lowest BCUT2D eigenvalue weighted by Crippen LogP contribution is -2.36. The minimum atomic E-state index is -0.896. The van der Waals surface area contributed by atoms with Crippen LogP contribution in [-0.4, -0.2) is 17.0 Å². The molecular weight excluding hydrogens is 290 g/mol. The molecule has 0 saturated heterocycles. The number of nitrogens with one attached hydrogen (secondary N) is 1. The number of nitrogens with zero attached hydrogens (tertiary/aromatic N) is 1. The van der Waals surface area contributed by atoms with Crippen LogP contribution < -0.4 is 11.1 Å². The van der Waals surface area contributed by atoms with E-state index in [1.807, 2.05) is 60.7 Å². The number of hydrogen-bond donors (Lipinski definition) is 3. The minimum absolute atomic E-state index is 0.104. The Morgan fingerprint density at radius 2 is 1.70 bits per heavy atom. The lowest BCUT2D eigenvalue weighted by Gasteiger charge is -2.27. The van der Waals surface area contributed by atoms with E-state index in [0.717, 1.165) is 11.1 Å². The first-order chi connectivity index (χ1) is 11.1. The number of carboxylic acid groups (broad SMARTS) is 1. The highest BCUT2D eigenvalue weighted by Crippen LogP contribution is 2.35. The van der Waals surface area contributed by atoms with E-state index in [1.54, 1.807) is 0 Å². The van der Waals surface area contributed by atoms with Crippen LogP contribution in [0.15, 0.2) is 71.2 Å². The third-order valence-corrected chi connectivity index (χ3v) is 3.69. The molecule has 0 aliphatic carbocycles. The van der Waals surface area contributed by atoms with Gasteiger partial charge in [0.2, 0.25) is 0 Å². The van der Waals surface area contributed by atoms with Crippen molar-refractivity contribution in [1.29, 1.82) is 0 Å². The van der Waals surface area contributed by atoms with Gasteiger partial charge in [-0.15, -0.1) is 0 Å². The lowest BCUT2D eigenvalue weighted by atomic mass is 9.91. The molecule has 116 valence electrons. The number of aliphatic imine (C=N–C) groups is 1.